The summed E-state index contributed by atoms with van der Waals surface area (Å²) in [6.45, 7) is 3.64. The van der Waals surface area contributed by atoms with Gasteiger partial charge in [0.15, 0.2) is 11.5 Å². The van der Waals surface area contributed by atoms with Gasteiger partial charge in [0, 0.05) is 5.54 Å². The quantitative estimate of drug-likeness (QED) is 0.861. The van der Waals surface area contributed by atoms with Crippen LogP contribution < -0.4 is 14.8 Å². The van der Waals surface area contributed by atoms with Gasteiger partial charge in [-0.15, -0.1) is 0 Å². The number of carboxylic acids is 1. The van der Waals surface area contributed by atoms with Crippen LogP contribution in [0.4, 0.5) is 0 Å². The smallest absolute Gasteiger partial charge is 0.305 e. The molecule has 1 aromatic carbocycles. The van der Waals surface area contributed by atoms with Crippen molar-refractivity contribution in [2.45, 2.75) is 38.3 Å². The molecule has 0 bridgehead atoms. The zero-order valence-electron chi connectivity index (χ0n) is 12.1. The number of rotatable bonds is 5. The lowest BCUT2D eigenvalue weighted by Gasteiger charge is -2.32. The van der Waals surface area contributed by atoms with E-state index in [4.69, 9.17) is 14.6 Å². The van der Waals surface area contributed by atoms with Crippen molar-refractivity contribution in [3.05, 3.63) is 24.3 Å². The summed E-state index contributed by atoms with van der Waals surface area (Å²) in [4.78, 5) is 23.1. The van der Waals surface area contributed by atoms with Crippen molar-refractivity contribution in [3.8, 4) is 11.5 Å². The number of amides is 1. The molecule has 1 aliphatic rings. The van der Waals surface area contributed by atoms with Gasteiger partial charge in [0.1, 0.15) is 6.61 Å². The summed E-state index contributed by atoms with van der Waals surface area (Å²) in [6.07, 6.45) is -0.409. The molecule has 1 heterocycles. The Labute approximate surface area is 123 Å². The van der Waals surface area contributed by atoms with Crippen LogP contribution in [0, 0.1) is 0 Å². The lowest BCUT2D eigenvalue weighted by molar-refractivity contribution is -0.139. The Morgan fingerprint density at radius 2 is 2.05 bits per heavy atom. The Morgan fingerprint density at radius 3 is 2.67 bits per heavy atom. The average molecular weight is 293 g/mol. The van der Waals surface area contributed by atoms with Gasteiger partial charge in [-0.2, -0.15) is 0 Å². The molecule has 21 heavy (non-hydrogen) atoms. The second-order valence-electron chi connectivity index (χ2n) is 5.34. The van der Waals surface area contributed by atoms with Crippen LogP contribution in [0.3, 0.4) is 0 Å². The van der Waals surface area contributed by atoms with Crippen molar-refractivity contribution in [2.24, 2.45) is 0 Å². The normalized spacial score (nSPS) is 19.4. The van der Waals surface area contributed by atoms with Crippen LogP contribution in [0.25, 0.3) is 0 Å². The third-order valence-electron chi connectivity index (χ3n) is 3.55. The van der Waals surface area contributed by atoms with Gasteiger partial charge in [-0.05, 0) is 25.5 Å². The summed E-state index contributed by atoms with van der Waals surface area (Å²) in [5.74, 6) is -0.202. The van der Waals surface area contributed by atoms with Crippen molar-refractivity contribution in [1.29, 1.82) is 0 Å². The maximum atomic E-state index is 12.3. The minimum atomic E-state index is -0.953. The molecule has 1 amide bonds. The number of hydrogen-bond acceptors (Lipinski definition) is 4. The maximum absolute atomic E-state index is 12.3. The van der Waals surface area contributed by atoms with Crippen LogP contribution in [0.15, 0.2) is 24.3 Å². The SMILES string of the molecule is CC[C@](C)(CC(=O)O)NC(=O)[C@@H]1COc2ccccc2O1. The largest absolute Gasteiger partial charge is 0.485 e. The predicted molar refractivity (Wildman–Crippen MR) is 75.4 cm³/mol. The fraction of sp³-hybridized carbons (Fsp3) is 0.467. The molecule has 0 spiro atoms. The van der Waals surface area contributed by atoms with Crippen molar-refractivity contribution in [1.82, 2.24) is 5.32 Å². The summed E-state index contributed by atoms with van der Waals surface area (Å²) in [5.41, 5.74) is -0.802. The first-order chi connectivity index (χ1) is 9.93. The van der Waals surface area contributed by atoms with E-state index in [1.54, 1.807) is 25.1 Å². The number of carbonyl (C=O) groups is 2. The Kier molecular flexibility index (Phi) is 4.35. The van der Waals surface area contributed by atoms with E-state index >= 15 is 0 Å². The molecule has 2 atom stereocenters. The first kappa shape index (κ1) is 15.2. The molecule has 0 fully saturated rings. The van der Waals surface area contributed by atoms with Gasteiger partial charge in [-0.1, -0.05) is 19.1 Å². The molecule has 6 nitrogen and oxygen atoms in total. The Hall–Kier alpha value is -2.24. The number of ether oxygens (including phenoxy) is 2. The summed E-state index contributed by atoms with van der Waals surface area (Å²) in [5, 5.41) is 11.7. The molecule has 2 N–H and O–H groups in total. The van der Waals surface area contributed by atoms with Crippen LogP contribution in [0.1, 0.15) is 26.7 Å². The molecule has 1 aliphatic heterocycles. The van der Waals surface area contributed by atoms with Crippen LogP contribution in [0.5, 0.6) is 11.5 Å². The molecule has 2 rings (SSSR count). The first-order valence-electron chi connectivity index (χ1n) is 6.86. The molecule has 0 unspecified atom stereocenters. The number of para-hydroxylation sites is 2. The van der Waals surface area contributed by atoms with E-state index in [2.05, 4.69) is 5.32 Å². The van der Waals surface area contributed by atoms with Gasteiger partial charge in [-0.3, -0.25) is 9.59 Å². The number of aliphatic carboxylic acids is 1. The van der Waals surface area contributed by atoms with Gasteiger partial charge in [0.2, 0.25) is 6.10 Å². The number of carboxylic acid groups (broad SMARTS) is 1. The molecule has 6 heteroatoms. The zero-order chi connectivity index (χ0) is 15.5. The minimum absolute atomic E-state index is 0.107. The van der Waals surface area contributed by atoms with Crippen LogP contribution >= 0.6 is 0 Å². The van der Waals surface area contributed by atoms with E-state index in [0.717, 1.165) is 0 Å². The molecule has 1 aromatic rings. The first-order valence-corrected chi connectivity index (χ1v) is 6.86. The van der Waals surface area contributed by atoms with Crippen molar-refractivity contribution in [2.75, 3.05) is 6.61 Å². The predicted octanol–water partition coefficient (Wildman–Crippen LogP) is 1.59. The standard InChI is InChI=1S/C15H19NO5/c1-3-15(2,8-13(17)18)16-14(19)12-9-20-10-6-4-5-7-11(10)21-12/h4-7,12H,3,8-9H2,1-2H3,(H,16,19)(H,17,18)/t12-,15+/m0/s1. The second kappa shape index (κ2) is 6.03. The molecule has 0 radical (unpaired) electrons. The Morgan fingerprint density at radius 1 is 1.38 bits per heavy atom. The number of nitrogens with one attached hydrogen (secondary N) is 1. The molecular formula is C15H19NO5. The highest BCUT2D eigenvalue weighted by Gasteiger charge is 2.33. The van der Waals surface area contributed by atoms with Gasteiger partial charge in [0.05, 0.1) is 6.42 Å². The highest BCUT2D eigenvalue weighted by atomic mass is 16.6. The van der Waals surface area contributed by atoms with Crippen molar-refractivity contribution < 1.29 is 24.2 Å². The molecule has 114 valence electrons. The van der Waals surface area contributed by atoms with Gasteiger partial charge in [-0.25, -0.2) is 0 Å². The third-order valence-corrected chi connectivity index (χ3v) is 3.55. The van der Waals surface area contributed by atoms with E-state index in [1.165, 1.54) is 0 Å². The number of fused-ring (bicyclic) bond motifs is 1. The van der Waals surface area contributed by atoms with E-state index in [9.17, 15) is 9.59 Å². The van der Waals surface area contributed by atoms with Crippen LogP contribution in [-0.2, 0) is 9.59 Å². The number of carbonyl (C=O) groups excluding carboxylic acids is 1. The van der Waals surface area contributed by atoms with Crippen LogP contribution in [0.2, 0.25) is 0 Å². The van der Waals surface area contributed by atoms with E-state index < -0.39 is 17.6 Å². The van der Waals surface area contributed by atoms with Crippen molar-refractivity contribution >= 4 is 11.9 Å². The number of benzene rings is 1. The second-order valence-corrected chi connectivity index (χ2v) is 5.34. The monoisotopic (exact) mass is 293 g/mol. The maximum Gasteiger partial charge on any atom is 0.305 e. The van der Waals surface area contributed by atoms with Gasteiger partial charge < -0.3 is 19.9 Å². The summed E-state index contributed by atoms with van der Waals surface area (Å²) >= 11 is 0. The number of hydrogen-bond donors (Lipinski definition) is 2. The van der Waals surface area contributed by atoms with E-state index in [0.29, 0.717) is 17.9 Å². The molecule has 0 saturated heterocycles. The summed E-state index contributed by atoms with van der Waals surface area (Å²) in [6, 6.07) is 7.11. The summed E-state index contributed by atoms with van der Waals surface area (Å²) < 4.78 is 11.1. The van der Waals surface area contributed by atoms with Gasteiger partial charge in [0.25, 0.3) is 5.91 Å². The highest BCUT2D eigenvalue weighted by molar-refractivity contribution is 5.83. The topological polar surface area (TPSA) is 84.9 Å². The van der Waals surface area contributed by atoms with E-state index in [-0.39, 0.29) is 18.9 Å². The van der Waals surface area contributed by atoms with Crippen LogP contribution in [-0.4, -0.2) is 35.2 Å². The summed E-state index contributed by atoms with van der Waals surface area (Å²) in [7, 11) is 0. The fourth-order valence-electron chi connectivity index (χ4n) is 2.12. The average Bonchev–Trinajstić information content (AvgIpc) is 2.45. The highest BCUT2D eigenvalue weighted by Crippen LogP contribution is 2.31. The Bertz CT molecular complexity index is 545. The lowest BCUT2D eigenvalue weighted by Crippen LogP contribution is -2.53. The van der Waals surface area contributed by atoms with Crippen molar-refractivity contribution in [3.63, 3.8) is 0 Å². The third kappa shape index (κ3) is 3.65. The molecule has 0 aromatic heterocycles. The molecule has 0 aliphatic carbocycles. The van der Waals surface area contributed by atoms with E-state index in [1.807, 2.05) is 13.0 Å². The Balaban J connectivity index is 2.03. The molecule has 0 saturated carbocycles. The fourth-order valence-corrected chi connectivity index (χ4v) is 2.12. The molecular weight excluding hydrogens is 274 g/mol. The van der Waals surface area contributed by atoms with Gasteiger partial charge >= 0.3 is 5.97 Å². The lowest BCUT2D eigenvalue weighted by atomic mass is 9.94. The zero-order valence-corrected chi connectivity index (χ0v) is 12.1. The minimum Gasteiger partial charge on any atom is -0.485 e.